The Morgan fingerprint density at radius 3 is 2.63 bits per heavy atom. The van der Waals surface area contributed by atoms with E-state index < -0.39 is 10.8 Å². The zero-order chi connectivity index (χ0) is 21.7. The van der Waals surface area contributed by atoms with Crippen molar-refractivity contribution in [1.29, 1.82) is 0 Å². The second kappa shape index (κ2) is 8.95. The van der Waals surface area contributed by atoms with Gasteiger partial charge in [0.25, 0.3) is 0 Å². The zero-order valence-electron chi connectivity index (χ0n) is 16.5. The molecule has 0 saturated heterocycles. The van der Waals surface area contributed by atoms with Gasteiger partial charge >= 0.3 is 11.6 Å². The first-order valence-corrected chi connectivity index (χ1v) is 8.87. The van der Waals surface area contributed by atoms with Crippen LogP contribution in [0.3, 0.4) is 0 Å². The van der Waals surface area contributed by atoms with Gasteiger partial charge in [0.05, 0.1) is 32.0 Å². The minimum absolute atomic E-state index is 0.0479. The summed E-state index contributed by atoms with van der Waals surface area (Å²) in [4.78, 5) is 23.0. The van der Waals surface area contributed by atoms with Crippen LogP contribution in [0.2, 0.25) is 0 Å². The summed E-state index contributed by atoms with van der Waals surface area (Å²) in [6.45, 7) is 2.40. The molecule has 0 aliphatic heterocycles. The molecule has 0 aliphatic rings. The van der Waals surface area contributed by atoms with Crippen LogP contribution in [0, 0.1) is 10.1 Å². The predicted molar refractivity (Wildman–Crippen MR) is 109 cm³/mol. The van der Waals surface area contributed by atoms with Gasteiger partial charge in [0.2, 0.25) is 5.75 Å². The van der Waals surface area contributed by atoms with Gasteiger partial charge in [-0.15, -0.1) is 0 Å². The van der Waals surface area contributed by atoms with Crippen LogP contribution in [0.15, 0.2) is 45.9 Å². The first-order chi connectivity index (χ1) is 14.5. The van der Waals surface area contributed by atoms with Gasteiger partial charge in [-0.05, 0) is 31.2 Å². The van der Waals surface area contributed by atoms with E-state index in [4.69, 9.17) is 18.6 Å². The third-order valence-electron chi connectivity index (χ3n) is 4.12. The highest BCUT2D eigenvalue weighted by atomic mass is 16.6. The third-order valence-corrected chi connectivity index (χ3v) is 4.12. The fourth-order valence-corrected chi connectivity index (χ4v) is 2.76. The number of carbonyl (C=O) groups excluding carboxylic acids is 1. The van der Waals surface area contributed by atoms with E-state index in [1.165, 1.54) is 32.6 Å². The number of hydrogen-bond acceptors (Lipinski definition) is 8. The van der Waals surface area contributed by atoms with Gasteiger partial charge < -0.3 is 18.6 Å². The van der Waals surface area contributed by atoms with Gasteiger partial charge in [0, 0.05) is 23.1 Å². The average molecular weight is 413 g/mol. The van der Waals surface area contributed by atoms with Crippen molar-refractivity contribution in [3.05, 3.63) is 57.8 Å². The van der Waals surface area contributed by atoms with E-state index in [2.05, 4.69) is 10.5 Å². The highest BCUT2D eigenvalue weighted by Crippen LogP contribution is 2.33. The summed E-state index contributed by atoms with van der Waals surface area (Å²) < 4.78 is 21.1. The van der Waals surface area contributed by atoms with Crippen molar-refractivity contribution in [3.8, 4) is 17.2 Å². The monoisotopic (exact) mass is 413 g/mol. The Morgan fingerprint density at radius 1 is 1.20 bits per heavy atom. The van der Waals surface area contributed by atoms with Gasteiger partial charge in [-0.2, -0.15) is 5.10 Å². The molecule has 2 aromatic carbocycles. The van der Waals surface area contributed by atoms with Crippen LogP contribution in [-0.4, -0.2) is 37.9 Å². The van der Waals surface area contributed by atoms with Crippen molar-refractivity contribution in [1.82, 2.24) is 5.43 Å². The summed E-state index contributed by atoms with van der Waals surface area (Å²) in [7, 11) is 2.72. The normalized spacial score (nSPS) is 10.9. The number of fused-ring (bicyclic) bond motifs is 1. The number of carbonyl (C=O) groups is 1. The van der Waals surface area contributed by atoms with E-state index in [0.717, 1.165) is 0 Å². The van der Waals surface area contributed by atoms with Crippen molar-refractivity contribution >= 4 is 28.8 Å². The van der Waals surface area contributed by atoms with Crippen LogP contribution in [0.5, 0.6) is 17.2 Å². The van der Waals surface area contributed by atoms with Gasteiger partial charge in [-0.25, -0.2) is 5.43 Å². The maximum atomic E-state index is 12.3. The molecular weight excluding hydrogens is 394 g/mol. The van der Waals surface area contributed by atoms with Crippen LogP contribution in [0.25, 0.3) is 11.0 Å². The molecule has 3 rings (SSSR count). The van der Waals surface area contributed by atoms with Crippen molar-refractivity contribution in [2.45, 2.75) is 6.92 Å². The average Bonchev–Trinajstić information content (AvgIpc) is 3.17. The molecule has 0 aliphatic carbocycles. The topological polar surface area (TPSA) is 125 Å². The number of hydrazone groups is 1. The van der Waals surface area contributed by atoms with Gasteiger partial charge in [-0.1, -0.05) is 0 Å². The van der Waals surface area contributed by atoms with Crippen molar-refractivity contribution in [2.75, 3.05) is 20.8 Å². The molecule has 0 radical (unpaired) electrons. The molecular formula is C20H19N3O7. The number of nitrogens with one attached hydrogen (secondary N) is 1. The smallest absolute Gasteiger partial charge is 0.311 e. The fraction of sp³-hybridized carbons (Fsp3) is 0.200. The van der Waals surface area contributed by atoms with Gasteiger partial charge in [0.1, 0.15) is 17.1 Å². The second-order valence-corrected chi connectivity index (χ2v) is 5.97. The highest BCUT2D eigenvalue weighted by molar-refractivity contribution is 5.97. The zero-order valence-corrected chi connectivity index (χ0v) is 16.5. The first-order valence-electron chi connectivity index (χ1n) is 8.87. The molecule has 10 heteroatoms. The maximum absolute atomic E-state index is 12.3. The number of methoxy groups -OCH3 is 2. The van der Waals surface area contributed by atoms with Crippen molar-refractivity contribution in [2.24, 2.45) is 5.10 Å². The Hall–Kier alpha value is -4.08. The molecule has 1 amide bonds. The summed E-state index contributed by atoms with van der Waals surface area (Å²) in [5, 5.41) is 15.8. The fourth-order valence-electron chi connectivity index (χ4n) is 2.76. The number of nitrogens with zero attached hydrogens (tertiary/aromatic N) is 2. The Morgan fingerprint density at radius 2 is 1.97 bits per heavy atom. The highest BCUT2D eigenvalue weighted by Gasteiger charge is 2.19. The number of rotatable bonds is 8. The van der Waals surface area contributed by atoms with Crippen LogP contribution in [0.1, 0.15) is 23.0 Å². The van der Waals surface area contributed by atoms with Crippen molar-refractivity contribution in [3.63, 3.8) is 0 Å². The molecule has 1 heterocycles. The largest absolute Gasteiger partial charge is 0.496 e. The van der Waals surface area contributed by atoms with Gasteiger partial charge in [-0.3, -0.25) is 14.9 Å². The lowest BCUT2D eigenvalue weighted by Crippen LogP contribution is -2.16. The summed E-state index contributed by atoms with van der Waals surface area (Å²) in [6, 6.07) is 9.41. The molecule has 3 aromatic rings. The van der Waals surface area contributed by atoms with E-state index in [1.54, 1.807) is 24.3 Å². The molecule has 10 nitrogen and oxygen atoms in total. The molecule has 0 saturated carbocycles. The summed E-state index contributed by atoms with van der Waals surface area (Å²) in [5.41, 5.74) is 2.89. The summed E-state index contributed by atoms with van der Waals surface area (Å²) in [5.74, 6) is 0.490. The quantitative estimate of drug-likeness (QED) is 0.340. The van der Waals surface area contributed by atoms with E-state index >= 15 is 0 Å². The molecule has 0 spiro atoms. The first kappa shape index (κ1) is 20.6. The number of benzene rings is 2. The second-order valence-electron chi connectivity index (χ2n) is 5.97. The molecule has 0 bridgehead atoms. The maximum Gasteiger partial charge on any atom is 0.311 e. The van der Waals surface area contributed by atoms with Crippen molar-refractivity contribution < 1.29 is 28.3 Å². The number of amides is 1. The molecule has 0 unspecified atom stereocenters. The predicted octanol–water partition coefficient (Wildman–Crippen LogP) is 3.52. The lowest BCUT2D eigenvalue weighted by atomic mass is 10.1. The summed E-state index contributed by atoms with van der Waals surface area (Å²) >= 11 is 0. The molecule has 0 fully saturated rings. The Kier molecular flexibility index (Phi) is 6.16. The number of hydrogen-bond donors (Lipinski definition) is 1. The van der Waals surface area contributed by atoms with Crippen LogP contribution >= 0.6 is 0 Å². The number of nitro groups is 1. The van der Waals surface area contributed by atoms with E-state index in [9.17, 15) is 14.9 Å². The lowest BCUT2D eigenvalue weighted by Gasteiger charge is -2.08. The number of ether oxygens (including phenoxy) is 3. The molecule has 30 heavy (non-hydrogen) atoms. The molecule has 0 atom stereocenters. The minimum atomic E-state index is -0.584. The van der Waals surface area contributed by atoms with E-state index in [1.807, 2.05) is 6.92 Å². The standard InChI is InChI=1S/C20H19N3O7/c1-4-29-14-5-6-16-12(7-14)9-19(30-16)20(24)22-21-11-13-8-15(23(25)26)18(28-3)10-17(13)27-2/h5-11H,4H2,1-3H3,(H,22,24)/b21-11+. The molecule has 1 aromatic heterocycles. The Labute approximate surface area is 171 Å². The van der Waals surface area contributed by atoms with E-state index in [0.29, 0.717) is 29.1 Å². The van der Waals surface area contributed by atoms with Gasteiger partial charge in [0.15, 0.2) is 5.76 Å². The number of nitro benzene ring substituents is 1. The Bertz CT molecular complexity index is 1120. The Balaban J connectivity index is 1.79. The lowest BCUT2D eigenvalue weighted by molar-refractivity contribution is -0.385. The molecule has 156 valence electrons. The van der Waals surface area contributed by atoms with E-state index in [-0.39, 0.29) is 22.8 Å². The SMILES string of the molecule is CCOc1ccc2oc(C(=O)N/N=C/c3cc([N+](=O)[O-])c(OC)cc3OC)cc2c1. The third kappa shape index (κ3) is 4.32. The van der Waals surface area contributed by atoms with Crippen LogP contribution < -0.4 is 19.6 Å². The van der Waals surface area contributed by atoms with Crippen LogP contribution in [-0.2, 0) is 0 Å². The summed E-state index contributed by atoms with van der Waals surface area (Å²) in [6.07, 6.45) is 1.24. The molecule has 1 N–H and O–H groups in total. The minimum Gasteiger partial charge on any atom is -0.496 e. The van der Waals surface area contributed by atoms with Crippen LogP contribution in [0.4, 0.5) is 5.69 Å². The number of furan rings is 1.